The van der Waals surface area contributed by atoms with E-state index in [1.54, 1.807) is 0 Å². The van der Waals surface area contributed by atoms with Gasteiger partial charge in [0.1, 0.15) is 0 Å². The third-order valence-corrected chi connectivity index (χ3v) is 4.49. The van der Waals surface area contributed by atoms with Gasteiger partial charge in [-0.3, -0.25) is 4.79 Å². The van der Waals surface area contributed by atoms with Crippen LogP contribution >= 0.6 is 11.3 Å². The molecule has 1 amide bonds. The summed E-state index contributed by atoms with van der Waals surface area (Å²) in [7, 11) is 0. The summed E-state index contributed by atoms with van der Waals surface area (Å²) in [4.78, 5) is 16.2. The Balaban J connectivity index is 1.68. The summed E-state index contributed by atoms with van der Waals surface area (Å²) in [6.45, 7) is 1.40. The first-order valence-corrected chi connectivity index (χ1v) is 9.74. The van der Waals surface area contributed by atoms with Crippen molar-refractivity contribution in [3.05, 3.63) is 76.2 Å². The van der Waals surface area contributed by atoms with Crippen molar-refractivity contribution in [2.24, 2.45) is 0 Å². The fourth-order valence-electron chi connectivity index (χ4n) is 2.43. The summed E-state index contributed by atoms with van der Waals surface area (Å²) in [5.74, 6) is -0.424. The van der Waals surface area contributed by atoms with Gasteiger partial charge < -0.3 is 16.2 Å². The molecule has 4 N–H and O–H groups in total. The minimum atomic E-state index is -2.45. The van der Waals surface area contributed by atoms with Gasteiger partial charge in [-0.05, 0) is 49.4 Å². The second-order valence-electron chi connectivity index (χ2n) is 6.23. The van der Waals surface area contributed by atoms with Gasteiger partial charge in [0, 0.05) is 16.5 Å². The summed E-state index contributed by atoms with van der Waals surface area (Å²) in [5, 5.41) is 13.6. The smallest absolute Gasteiger partial charge is 0.230 e. The van der Waals surface area contributed by atoms with Crippen molar-refractivity contribution in [1.29, 1.82) is 0 Å². The van der Waals surface area contributed by atoms with Crippen molar-refractivity contribution >= 4 is 28.1 Å². The van der Waals surface area contributed by atoms with Crippen LogP contribution in [0.2, 0.25) is 0 Å². The zero-order chi connectivity index (χ0) is 28.6. The first-order valence-electron chi connectivity index (χ1n) is 13.4. The minimum absolute atomic E-state index is 0.0847. The fourth-order valence-corrected chi connectivity index (χ4v) is 2.93. The lowest BCUT2D eigenvalue weighted by atomic mass is 10.0. The number of aliphatic hydroxyl groups excluding tert-OH is 1. The number of nitrogens with one attached hydrogen (secondary N) is 1. The molecule has 0 radical (unpaired) electrons. The van der Waals surface area contributed by atoms with Crippen molar-refractivity contribution in [1.82, 2.24) is 4.98 Å². The number of thiazole rings is 1. The van der Waals surface area contributed by atoms with Crippen LogP contribution in [0.4, 0.5) is 10.8 Å². The molecule has 0 spiro atoms. The summed E-state index contributed by atoms with van der Waals surface area (Å²) in [6.07, 6.45) is -7.43. The number of anilines is 2. The molecule has 0 bridgehead atoms. The number of carbonyl (C=O) groups excluding carboxylic acids is 1. The lowest BCUT2D eigenvalue weighted by Crippen LogP contribution is -2.14. The molecule has 0 saturated carbocycles. The van der Waals surface area contributed by atoms with Crippen LogP contribution < -0.4 is 11.1 Å². The third kappa shape index (κ3) is 6.69. The number of aryl methyl sites for hydroxylation is 1. The summed E-state index contributed by atoms with van der Waals surface area (Å²) in [6, 6.07) is 4.07. The van der Waals surface area contributed by atoms with Crippen molar-refractivity contribution in [2.75, 3.05) is 11.1 Å². The number of aliphatic hydroxyl groups is 1. The highest BCUT2D eigenvalue weighted by atomic mass is 32.1. The van der Waals surface area contributed by atoms with Crippen molar-refractivity contribution in [2.45, 2.75) is 45.0 Å². The summed E-state index contributed by atoms with van der Waals surface area (Å²) >= 11 is 0.966. The SMILES string of the molecule is [2H]c1sc(N)nc1CC(=O)Nc1ccc(C([2H])([2H])CCC([2H])([2H])[C@H](O)c2c([2H])c([2H])c(C)c([2H])c2[2H])cc1. The topological polar surface area (TPSA) is 88.2 Å². The monoisotopic (exact) mass is 418 g/mol. The molecule has 1 heterocycles. The van der Waals surface area contributed by atoms with E-state index in [-0.39, 0.29) is 52.2 Å². The van der Waals surface area contributed by atoms with Crippen LogP contribution in [0.1, 0.15) is 60.0 Å². The lowest BCUT2D eigenvalue weighted by Gasteiger charge is -2.11. The van der Waals surface area contributed by atoms with E-state index in [2.05, 4.69) is 10.3 Å². The molecule has 152 valence electrons. The van der Waals surface area contributed by atoms with Gasteiger partial charge in [0.2, 0.25) is 5.91 Å². The Morgan fingerprint density at radius 3 is 2.66 bits per heavy atom. The Hall–Kier alpha value is -2.70. The van der Waals surface area contributed by atoms with Crippen molar-refractivity contribution in [3.8, 4) is 0 Å². The number of rotatable bonds is 9. The van der Waals surface area contributed by atoms with Crippen LogP contribution in [0, 0.1) is 6.92 Å². The number of nitrogen functional groups attached to an aromatic ring is 1. The van der Waals surface area contributed by atoms with Crippen LogP contribution in [0.3, 0.4) is 0 Å². The summed E-state index contributed by atoms with van der Waals surface area (Å²) < 4.78 is 73.2. The van der Waals surface area contributed by atoms with Crippen LogP contribution in [-0.2, 0) is 17.6 Å². The molecule has 6 heteroatoms. The van der Waals surface area contributed by atoms with Gasteiger partial charge in [0.25, 0.3) is 0 Å². The number of nitrogens with zero attached hydrogens (tertiary/aromatic N) is 1. The highest BCUT2D eigenvalue weighted by Gasteiger charge is 2.08. The minimum Gasteiger partial charge on any atom is -0.388 e. The maximum absolute atomic E-state index is 12.3. The van der Waals surface area contributed by atoms with Gasteiger partial charge >= 0.3 is 0 Å². The van der Waals surface area contributed by atoms with Gasteiger partial charge in [-0.2, -0.15) is 0 Å². The second kappa shape index (κ2) is 10.2. The molecular weight excluding hydrogens is 382 g/mol. The van der Waals surface area contributed by atoms with E-state index < -0.39 is 48.8 Å². The molecule has 0 unspecified atom stereocenters. The Bertz CT molecular complexity index is 1320. The molecule has 29 heavy (non-hydrogen) atoms. The quantitative estimate of drug-likeness (QED) is 0.471. The molecule has 3 rings (SSSR count). The van der Waals surface area contributed by atoms with Crippen molar-refractivity contribution in [3.63, 3.8) is 0 Å². The first kappa shape index (κ1) is 12.1. The Kier molecular flexibility index (Phi) is 4.25. The molecular formula is C23H27N3O2S. The highest BCUT2D eigenvalue weighted by Crippen LogP contribution is 2.21. The number of hydrogen-bond donors (Lipinski definition) is 3. The average molecular weight is 419 g/mol. The standard InChI is InChI=1S/C23H27N3O2S/c1-16-6-10-18(11-7-16)21(27)5-3-2-4-17-8-12-19(13-9-17)25-22(28)14-20-15-29-23(24)26-20/h6-13,15,21,27H,2-5,14H2,1H3,(H2,24,26)(H,25,28)/t21-/m0/s1/i4D2,5D2,6D,7D,10D,11D,15D. The van der Waals surface area contributed by atoms with E-state index >= 15 is 0 Å². The number of aromatic nitrogens is 1. The molecule has 0 aliphatic carbocycles. The summed E-state index contributed by atoms with van der Waals surface area (Å²) in [5.41, 5.74) is 6.02. The number of carbonyl (C=O) groups is 1. The zero-order valence-electron chi connectivity index (χ0n) is 24.8. The van der Waals surface area contributed by atoms with E-state index in [0.717, 1.165) is 11.3 Å². The van der Waals surface area contributed by atoms with Gasteiger partial charge in [0.15, 0.2) is 5.13 Å². The Labute approximate surface area is 188 Å². The first-order chi connectivity index (χ1) is 17.5. The zero-order valence-corrected chi connectivity index (χ0v) is 16.6. The fraction of sp³-hybridized carbons (Fsp3) is 0.304. The van der Waals surface area contributed by atoms with Crippen LogP contribution in [0.15, 0.2) is 53.8 Å². The molecule has 0 saturated heterocycles. The van der Waals surface area contributed by atoms with Gasteiger partial charge in [-0.15, -0.1) is 11.3 Å². The molecule has 3 aromatic rings. The number of hydrogen-bond acceptors (Lipinski definition) is 5. The van der Waals surface area contributed by atoms with Gasteiger partial charge in [0.05, 0.1) is 25.1 Å². The molecule has 5 nitrogen and oxygen atoms in total. The number of amides is 1. The molecule has 0 aliphatic heterocycles. The molecule has 1 atom stereocenters. The predicted molar refractivity (Wildman–Crippen MR) is 119 cm³/mol. The van der Waals surface area contributed by atoms with Gasteiger partial charge in [-0.1, -0.05) is 48.3 Å². The van der Waals surface area contributed by atoms with E-state index in [4.69, 9.17) is 18.1 Å². The van der Waals surface area contributed by atoms with E-state index in [1.807, 2.05) is 0 Å². The van der Waals surface area contributed by atoms with Gasteiger partial charge in [-0.25, -0.2) is 4.98 Å². The Morgan fingerprint density at radius 1 is 1.28 bits per heavy atom. The molecule has 1 aromatic heterocycles. The molecule has 0 aliphatic rings. The Morgan fingerprint density at radius 2 is 2.00 bits per heavy atom. The van der Waals surface area contributed by atoms with Crippen LogP contribution in [-0.4, -0.2) is 16.0 Å². The normalized spacial score (nSPS) is 17.4. The second-order valence-corrected chi connectivity index (χ2v) is 7.05. The number of benzene rings is 2. The van der Waals surface area contributed by atoms with E-state index in [9.17, 15) is 9.90 Å². The maximum atomic E-state index is 12.3. The molecule has 0 fully saturated rings. The average Bonchev–Trinajstić information content (AvgIpc) is 3.16. The molecule has 2 aromatic carbocycles. The van der Waals surface area contributed by atoms with Crippen molar-refractivity contribution < 1.29 is 22.2 Å². The largest absolute Gasteiger partial charge is 0.388 e. The third-order valence-electron chi connectivity index (χ3n) is 3.85. The van der Waals surface area contributed by atoms with E-state index in [1.165, 1.54) is 31.2 Å². The van der Waals surface area contributed by atoms with Crippen LogP contribution in [0.5, 0.6) is 0 Å². The lowest BCUT2D eigenvalue weighted by molar-refractivity contribution is -0.115. The highest BCUT2D eigenvalue weighted by molar-refractivity contribution is 7.13. The number of nitrogens with two attached hydrogens (primary N) is 1. The van der Waals surface area contributed by atoms with Crippen LogP contribution in [0.25, 0.3) is 0 Å². The predicted octanol–water partition coefficient (Wildman–Crippen LogP) is 4.66. The maximum Gasteiger partial charge on any atom is 0.230 e. The van der Waals surface area contributed by atoms with E-state index in [0.29, 0.717) is 5.69 Å².